The largest absolute Gasteiger partial charge is 0.377 e. The van der Waals surface area contributed by atoms with Crippen molar-refractivity contribution in [3.8, 4) is 0 Å². The highest BCUT2D eigenvalue weighted by molar-refractivity contribution is 8.13. The minimum Gasteiger partial charge on any atom is -0.377 e. The number of hydrogen-bond donors (Lipinski definition) is 3. The van der Waals surface area contributed by atoms with Crippen molar-refractivity contribution in [1.29, 1.82) is 0 Å². The first-order chi connectivity index (χ1) is 7.52. The quantitative estimate of drug-likeness (QED) is 0.264. The Morgan fingerprint density at radius 2 is 2.06 bits per heavy atom. The molecule has 1 aromatic rings. The van der Waals surface area contributed by atoms with Crippen molar-refractivity contribution < 1.29 is 0 Å². The minimum absolute atomic E-state index is 0.178. The fraction of sp³-hybridized carbons (Fsp3) is 0.429. The first-order valence-electron chi connectivity index (χ1n) is 4.37. The van der Waals surface area contributed by atoms with E-state index in [1.54, 1.807) is 4.90 Å². The molecule has 0 aliphatic carbocycles. The molecule has 0 saturated heterocycles. The van der Waals surface area contributed by atoms with Gasteiger partial charge in [0, 0.05) is 14.1 Å². The third-order valence-electron chi connectivity index (χ3n) is 1.56. The standard InChI is InChI=1S/C7H14N8S/c1-15(2)7-12-4(11-5(8)13-7)3-16-6(9)14-10/h3,10H2,1-2H3,(H2,9,14)(H2,8,11,12,13). The van der Waals surface area contributed by atoms with E-state index in [2.05, 4.69) is 20.1 Å². The molecule has 1 rings (SSSR count). The second-order valence-electron chi connectivity index (χ2n) is 3.06. The maximum absolute atomic E-state index is 5.55. The Hall–Kier alpha value is -1.77. The molecular formula is C7H14N8S. The van der Waals surface area contributed by atoms with Gasteiger partial charge in [-0.15, -0.1) is 0 Å². The Labute approximate surface area is 97.3 Å². The summed E-state index contributed by atoms with van der Waals surface area (Å²) in [6.45, 7) is 0. The molecule has 0 amide bonds. The van der Waals surface area contributed by atoms with Crippen LogP contribution in [0.4, 0.5) is 11.9 Å². The third-order valence-corrected chi connectivity index (χ3v) is 2.37. The van der Waals surface area contributed by atoms with Gasteiger partial charge in [0.05, 0.1) is 5.75 Å². The average Bonchev–Trinajstić information content (AvgIpc) is 2.25. The normalized spacial score (nSPS) is 11.5. The zero-order valence-corrected chi connectivity index (χ0v) is 9.90. The predicted octanol–water partition coefficient (Wildman–Crippen LogP) is -1.06. The lowest BCUT2D eigenvalue weighted by Gasteiger charge is -2.10. The molecule has 0 saturated carbocycles. The Bertz CT molecular complexity index is 390. The highest BCUT2D eigenvalue weighted by Gasteiger charge is 2.06. The molecular weight excluding hydrogens is 228 g/mol. The van der Waals surface area contributed by atoms with E-state index in [-0.39, 0.29) is 11.1 Å². The van der Waals surface area contributed by atoms with Crippen molar-refractivity contribution >= 4 is 28.8 Å². The highest BCUT2D eigenvalue weighted by Crippen LogP contribution is 2.11. The molecule has 9 heteroatoms. The molecule has 0 fully saturated rings. The number of amidine groups is 1. The number of anilines is 2. The maximum atomic E-state index is 5.55. The molecule has 0 atom stereocenters. The number of hydrazone groups is 1. The number of hydrogen-bond acceptors (Lipinski definition) is 8. The van der Waals surface area contributed by atoms with Gasteiger partial charge in [0.2, 0.25) is 11.9 Å². The smallest absolute Gasteiger partial charge is 0.229 e. The molecule has 88 valence electrons. The van der Waals surface area contributed by atoms with E-state index in [1.165, 1.54) is 11.8 Å². The lowest BCUT2D eigenvalue weighted by atomic mass is 10.6. The van der Waals surface area contributed by atoms with Gasteiger partial charge >= 0.3 is 0 Å². The van der Waals surface area contributed by atoms with E-state index in [1.807, 2.05) is 14.1 Å². The summed E-state index contributed by atoms with van der Waals surface area (Å²) >= 11 is 1.23. The number of nitrogens with zero attached hydrogens (tertiary/aromatic N) is 5. The van der Waals surface area contributed by atoms with Gasteiger partial charge in [0.15, 0.2) is 5.17 Å². The molecule has 16 heavy (non-hydrogen) atoms. The summed E-state index contributed by atoms with van der Waals surface area (Å²) in [5.74, 6) is 6.66. The molecule has 0 aromatic carbocycles. The van der Waals surface area contributed by atoms with Crippen LogP contribution in [0.3, 0.4) is 0 Å². The average molecular weight is 242 g/mol. The molecule has 8 nitrogen and oxygen atoms in total. The number of rotatable bonds is 3. The van der Waals surface area contributed by atoms with E-state index in [0.29, 0.717) is 17.5 Å². The molecule has 0 aliphatic heterocycles. The predicted molar refractivity (Wildman–Crippen MR) is 65.7 cm³/mol. The fourth-order valence-corrected chi connectivity index (χ4v) is 1.35. The van der Waals surface area contributed by atoms with Gasteiger partial charge in [-0.1, -0.05) is 11.8 Å². The molecule has 1 aromatic heterocycles. The van der Waals surface area contributed by atoms with Crippen LogP contribution in [0.2, 0.25) is 0 Å². The van der Waals surface area contributed by atoms with Gasteiger partial charge in [-0.2, -0.15) is 20.1 Å². The molecule has 6 N–H and O–H groups in total. The number of nitrogen functional groups attached to an aromatic ring is 1. The van der Waals surface area contributed by atoms with Crippen molar-refractivity contribution in [3.05, 3.63) is 5.82 Å². The summed E-state index contributed by atoms with van der Waals surface area (Å²) in [5, 5.41) is 3.60. The first kappa shape index (κ1) is 12.3. The Kier molecular flexibility index (Phi) is 4.11. The van der Waals surface area contributed by atoms with Crippen molar-refractivity contribution in [2.24, 2.45) is 16.7 Å². The zero-order chi connectivity index (χ0) is 12.1. The van der Waals surface area contributed by atoms with E-state index in [4.69, 9.17) is 17.3 Å². The first-order valence-corrected chi connectivity index (χ1v) is 5.35. The van der Waals surface area contributed by atoms with Crippen molar-refractivity contribution in [2.75, 3.05) is 24.7 Å². The van der Waals surface area contributed by atoms with Gasteiger partial charge in [0.1, 0.15) is 5.82 Å². The van der Waals surface area contributed by atoms with Gasteiger partial charge in [-0.25, -0.2) is 0 Å². The van der Waals surface area contributed by atoms with Crippen LogP contribution >= 0.6 is 11.8 Å². The monoisotopic (exact) mass is 242 g/mol. The Balaban J connectivity index is 2.80. The Morgan fingerprint density at radius 1 is 1.38 bits per heavy atom. The van der Waals surface area contributed by atoms with Crippen molar-refractivity contribution in [2.45, 2.75) is 5.75 Å². The number of nitrogens with two attached hydrogens (primary N) is 3. The van der Waals surface area contributed by atoms with Crippen LogP contribution in [0.25, 0.3) is 0 Å². The van der Waals surface area contributed by atoms with Crippen molar-refractivity contribution in [3.63, 3.8) is 0 Å². The topological polar surface area (TPSA) is 132 Å². The molecule has 0 unspecified atom stereocenters. The summed E-state index contributed by atoms with van der Waals surface area (Å²) in [6, 6.07) is 0. The van der Waals surface area contributed by atoms with E-state index in [0.717, 1.165) is 0 Å². The molecule has 0 spiro atoms. The summed E-state index contributed by atoms with van der Waals surface area (Å²) in [6.07, 6.45) is 0. The summed E-state index contributed by atoms with van der Waals surface area (Å²) in [7, 11) is 3.64. The maximum Gasteiger partial charge on any atom is 0.229 e. The molecule has 0 radical (unpaired) electrons. The number of thioether (sulfide) groups is 1. The van der Waals surface area contributed by atoms with Gasteiger partial charge in [-0.05, 0) is 0 Å². The van der Waals surface area contributed by atoms with Gasteiger partial charge < -0.3 is 22.2 Å². The SMILES string of the molecule is CN(C)c1nc(N)nc(CSC(N)=NN)n1. The van der Waals surface area contributed by atoms with Crippen LogP contribution in [-0.2, 0) is 5.75 Å². The number of aromatic nitrogens is 3. The zero-order valence-electron chi connectivity index (χ0n) is 9.08. The van der Waals surface area contributed by atoms with E-state index >= 15 is 0 Å². The van der Waals surface area contributed by atoms with Crippen LogP contribution in [0.5, 0.6) is 0 Å². The summed E-state index contributed by atoms with van der Waals surface area (Å²) in [4.78, 5) is 13.9. The second kappa shape index (κ2) is 5.35. The molecule has 1 heterocycles. The second-order valence-corrected chi connectivity index (χ2v) is 4.06. The van der Waals surface area contributed by atoms with Crippen LogP contribution in [0, 0.1) is 0 Å². The third kappa shape index (κ3) is 3.42. The fourth-order valence-electron chi connectivity index (χ4n) is 0.865. The van der Waals surface area contributed by atoms with Crippen molar-refractivity contribution in [1.82, 2.24) is 15.0 Å². The van der Waals surface area contributed by atoms with Gasteiger partial charge in [-0.3, -0.25) is 0 Å². The lowest BCUT2D eigenvalue weighted by molar-refractivity contribution is 0.920. The molecule has 0 aliphatic rings. The summed E-state index contributed by atoms with van der Waals surface area (Å²) < 4.78 is 0. The van der Waals surface area contributed by atoms with Crippen LogP contribution in [-0.4, -0.2) is 34.2 Å². The van der Waals surface area contributed by atoms with Gasteiger partial charge in [0.25, 0.3) is 0 Å². The lowest BCUT2D eigenvalue weighted by Crippen LogP contribution is -2.16. The summed E-state index contributed by atoms with van der Waals surface area (Å²) in [5.41, 5.74) is 11.0. The highest BCUT2D eigenvalue weighted by atomic mass is 32.2. The van der Waals surface area contributed by atoms with E-state index < -0.39 is 0 Å². The van der Waals surface area contributed by atoms with Crippen LogP contribution in [0.1, 0.15) is 5.82 Å². The van der Waals surface area contributed by atoms with E-state index in [9.17, 15) is 0 Å². The minimum atomic E-state index is 0.178. The Morgan fingerprint density at radius 3 is 2.62 bits per heavy atom. The van der Waals surface area contributed by atoms with Crippen LogP contribution < -0.4 is 22.2 Å². The van der Waals surface area contributed by atoms with Crippen LogP contribution in [0.15, 0.2) is 5.10 Å². The molecule has 0 bridgehead atoms.